The molecule has 1 fully saturated rings. The highest BCUT2D eigenvalue weighted by Gasteiger charge is 2.34. The molecule has 1 atom stereocenters. The van der Waals surface area contributed by atoms with Gasteiger partial charge in [0.25, 0.3) is 0 Å². The van der Waals surface area contributed by atoms with Crippen molar-refractivity contribution in [3.05, 3.63) is 29.3 Å². The quantitative estimate of drug-likeness (QED) is 0.925. The van der Waals surface area contributed by atoms with Gasteiger partial charge in [0.15, 0.2) is 0 Å². The summed E-state index contributed by atoms with van der Waals surface area (Å²) in [5, 5.41) is 3.44. The number of rotatable bonds is 3. The van der Waals surface area contributed by atoms with E-state index in [4.69, 9.17) is 4.74 Å². The van der Waals surface area contributed by atoms with Crippen LogP contribution in [0.1, 0.15) is 44.7 Å². The fourth-order valence-electron chi connectivity index (χ4n) is 3.57. The number of fused-ring (bicyclic) bond motifs is 1. The molecule has 1 N–H and O–H groups in total. The standard InChI is InChI=1S/C18H28N2O/c1-14(2)20-10-4-8-18(3,13-20)21-17-6-5-15-7-9-19-12-16(15)11-17/h5-6,11,14,19H,4,7-10,12-13H2,1-3H3. The highest BCUT2D eigenvalue weighted by molar-refractivity contribution is 5.37. The zero-order valence-corrected chi connectivity index (χ0v) is 13.6. The fourth-order valence-corrected chi connectivity index (χ4v) is 3.57. The van der Waals surface area contributed by atoms with Gasteiger partial charge in [0.1, 0.15) is 11.4 Å². The minimum Gasteiger partial charge on any atom is -0.486 e. The molecule has 3 nitrogen and oxygen atoms in total. The second-order valence-corrected chi connectivity index (χ2v) is 7.08. The van der Waals surface area contributed by atoms with Crippen molar-refractivity contribution in [3.63, 3.8) is 0 Å². The van der Waals surface area contributed by atoms with Gasteiger partial charge >= 0.3 is 0 Å². The van der Waals surface area contributed by atoms with Gasteiger partial charge in [-0.1, -0.05) is 6.07 Å². The van der Waals surface area contributed by atoms with Gasteiger partial charge in [-0.15, -0.1) is 0 Å². The van der Waals surface area contributed by atoms with Crippen LogP contribution in [0.5, 0.6) is 5.75 Å². The topological polar surface area (TPSA) is 24.5 Å². The zero-order chi connectivity index (χ0) is 14.9. The van der Waals surface area contributed by atoms with Crippen molar-refractivity contribution in [2.45, 2.75) is 58.2 Å². The third-order valence-electron chi connectivity index (χ3n) is 4.85. The van der Waals surface area contributed by atoms with E-state index in [1.807, 2.05) is 0 Å². The summed E-state index contributed by atoms with van der Waals surface area (Å²) in [7, 11) is 0. The highest BCUT2D eigenvalue weighted by atomic mass is 16.5. The first kappa shape index (κ1) is 14.9. The molecule has 116 valence electrons. The summed E-state index contributed by atoms with van der Waals surface area (Å²) >= 11 is 0. The minimum absolute atomic E-state index is 0.0567. The van der Waals surface area contributed by atoms with Gasteiger partial charge in [0.2, 0.25) is 0 Å². The van der Waals surface area contributed by atoms with Crippen LogP contribution in [-0.4, -0.2) is 36.2 Å². The summed E-state index contributed by atoms with van der Waals surface area (Å²) in [4.78, 5) is 2.53. The molecule has 1 unspecified atom stereocenters. The maximum Gasteiger partial charge on any atom is 0.120 e. The van der Waals surface area contributed by atoms with Crippen LogP contribution in [0.3, 0.4) is 0 Å². The van der Waals surface area contributed by atoms with Crippen molar-refractivity contribution in [3.8, 4) is 5.75 Å². The van der Waals surface area contributed by atoms with Gasteiger partial charge in [0.05, 0.1) is 0 Å². The lowest BCUT2D eigenvalue weighted by Crippen LogP contribution is -2.51. The van der Waals surface area contributed by atoms with Gasteiger partial charge in [-0.05, 0) is 76.4 Å². The maximum absolute atomic E-state index is 6.42. The molecule has 0 saturated carbocycles. The van der Waals surface area contributed by atoms with Crippen LogP contribution in [-0.2, 0) is 13.0 Å². The van der Waals surface area contributed by atoms with E-state index in [0.29, 0.717) is 6.04 Å². The number of nitrogens with zero attached hydrogens (tertiary/aromatic N) is 1. The average molecular weight is 288 g/mol. The van der Waals surface area contributed by atoms with Crippen LogP contribution in [0, 0.1) is 0 Å². The molecule has 2 heterocycles. The third-order valence-corrected chi connectivity index (χ3v) is 4.85. The number of likely N-dealkylation sites (tertiary alicyclic amines) is 1. The van der Waals surface area contributed by atoms with Crippen LogP contribution < -0.4 is 10.1 Å². The molecule has 0 bridgehead atoms. The van der Waals surface area contributed by atoms with Crippen LogP contribution in [0.25, 0.3) is 0 Å². The molecule has 3 rings (SSSR count). The van der Waals surface area contributed by atoms with E-state index in [9.17, 15) is 0 Å². The van der Waals surface area contributed by atoms with Crippen molar-refractivity contribution >= 4 is 0 Å². The van der Waals surface area contributed by atoms with Crippen LogP contribution in [0.4, 0.5) is 0 Å². The number of benzene rings is 1. The first-order chi connectivity index (χ1) is 10.1. The molecule has 2 aliphatic heterocycles. The summed E-state index contributed by atoms with van der Waals surface area (Å²) in [6.45, 7) is 11.1. The Morgan fingerprint density at radius 1 is 1.29 bits per heavy atom. The van der Waals surface area contributed by atoms with Crippen LogP contribution >= 0.6 is 0 Å². The first-order valence-electron chi connectivity index (χ1n) is 8.31. The Labute approximate surface area is 128 Å². The second kappa shape index (κ2) is 5.98. The van der Waals surface area contributed by atoms with E-state index in [1.165, 1.54) is 24.1 Å². The van der Waals surface area contributed by atoms with Gasteiger partial charge in [-0.2, -0.15) is 0 Å². The van der Waals surface area contributed by atoms with Crippen molar-refractivity contribution in [2.24, 2.45) is 0 Å². The predicted octanol–water partition coefficient (Wildman–Crippen LogP) is 2.97. The molecule has 1 saturated heterocycles. The lowest BCUT2D eigenvalue weighted by atomic mass is 9.93. The molecule has 0 amide bonds. The first-order valence-corrected chi connectivity index (χ1v) is 8.31. The van der Waals surface area contributed by atoms with Gasteiger partial charge in [-0.3, -0.25) is 4.90 Å². The van der Waals surface area contributed by atoms with Gasteiger partial charge < -0.3 is 10.1 Å². The third kappa shape index (κ3) is 3.41. The normalized spacial score (nSPS) is 26.7. The zero-order valence-electron chi connectivity index (χ0n) is 13.6. The Kier molecular flexibility index (Phi) is 4.23. The van der Waals surface area contributed by atoms with Crippen molar-refractivity contribution in [1.29, 1.82) is 0 Å². The Bertz CT molecular complexity index is 500. The lowest BCUT2D eigenvalue weighted by Gasteiger charge is -2.42. The maximum atomic E-state index is 6.42. The molecule has 0 aromatic heterocycles. The van der Waals surface area contributed by atoms with Gasteiger partial charge in [0, 0.05) is 19.1 Å². The summed E-state index contributed by atoms with van der Waals surface area (Å²) in [6.07, 6.45) is 3.50. The summed E-state index contributed by atoms with van der Waals surface area (Å²) in [6, 6.07) is 7.24. The molecule has 0 radical (unpaired) electrons. The number of nitrogens with one attached hydrogen (secondary N) is 1. The fraction of sp³-hybridized carbons (Fsp3) is 0.667. The Morgan fingerprint density at radius 2 is 2.14 bits per heavy atom. The van der Waals surface area contributed by atoms with E-state index in [-0.39, 0.29) is 5.60 Å². The van der Waals surface area contributed by atoms with E-state index in [2.05, 4.69) is 49.2 Å². The average Bonchev–Trinajstić information content (AvgIpc) is 2.46. The molecule has 0 aliphatic carbocycles. The number of hydrogen-bond donors (Lipinski definition) is 1. The number of piperidine rings is 1. The van der Waals surface area contributed by atoms with Crippen LogP contribution in [0.2, 0.25) is 0 Å². The summed E-state index contributed by atoms with van der Waals surface area (Å²) in [5.74, 6) is 1.03. The van der Waals surface area contributed by atoms with Crippen molar-refractivity contribution in [1.82, 2.24) is 10.2 Å². The largest absolute Gasteiger partial charge is 0.486 e. The lowest BCUT2D eigenvalue weighted by molar-refractivity contribution is -0.00534. The van der Waals surface area contributed by atoms with E-state index >= 15 is 0 Å². The highest BCUT2D eigenvalue weighted by Crippen LogP contribution is 2.30. The van der Waals surface area contributed by atoms with Crippen molar-refractivity contribution < 1.29 is 4.74 Å². The molecule has 2 aliphatic rings. The molecule has 3 heteroatoms. The smallest absolute Gasteiger partial charge is 0.120 e. The Hall–Kier alpha value is -1.06. The van der Waals surface area contributed by atoms with Gasteiger partial charge in [-0.25, -0.2) is 0 Å². The van der Waals surface area contributed by atoms with E-state index in [0.717, 1.165) is 38.2 Å². The molecular weight excluding hydrogens is 260 g/mol. The Balaban J connectivity index is 1.73. The Morgan fingerprint density at radius 3 is 2.95 bits per heavy atom. The molecule has 1 aromatic rings. The van der Waals surface area contributed by atoms with E-state index in [1.54, 1.807) is 0 Å². The molecule has 21 heavy (non-hydrogen) atoms. The second-order valence-electron chi connectivity index (χ2n) is 7.08. The number of hydrogen-bond acceptors (Lipinski definition) is 3. The van der Waals surface area contributed by atoms with Crippen molar-refractivity contribution in [2.75, 3.05) is 19.6 Å². The molecule has 1 aromatic carbocycles. The van der Waals surface area contributed by atoms with E-state index < -0.39 is 0 Å². The number of ether oxygens (including phenoxy) is 1. The summed E-state index contributed by atoms with van der Waals surface area (Å²) < 4.78 is 6.42. The van der Waals surface area contributed by atoms with Crippen LogP contribution in [0.15, 0.2) is 18.2 Å². The summed E-state index contributed by atoms with van der Waals surface area (Å²) in [5.41, 5.74) is 2.82. The predicted molar refractivity (Wildman–Crippen MR) is 86.8 cm³/mol. The molecule has 0 spiro atoms. The SMILES string of the molecule is CC(C)N1CCCC(C)(Oc2ccc3c(c2)CNCC3)C1. The monoisotopic (exact) mass is 288 g/mol. The molecular formula is C18H28N2O. The minimum atomic E-state index is -0.0567.